The van der Waals surface area contributed by atoms with Crippen LogP contribution in [-0.2, 0) is 35.3 Å². The van der Waals surface area contributed by atoms with Gasteiger partial charge in [0.05, 0.1) is 32.3 Å². The molecule has 1 atom stereocenters. The van der Waals surface area contributed by atoms with Crippen LogP contribution in [0.25, 0.3) is 0 Å². The van der Waals surface area contributed by atoms with Gasteiger partial charge in [0, 0.05) is 36.6 Å². The molecule has 0 aromatic heterocycles. The van der Waals surface area contributed by atoms with Gasteiger partial charge >= 0.3 is 0 Å². The fraction of sp³-hybridized carbons (Fsp3) is 0.500. The van der Waals surface area contributed by atoms with Crippen LogP contribution in [-0.4, -0.2) is 50.3 Å². The molecule has 1 aliphatic carbocycles. The molecule has 3 heterocycles. The van der Waals surface area contributed by atoms with Gasteiger partial charge in [0.25, 0.3) is 0 Å². The lowest BCUT2D eigenvalue weighted by Crippen LogP contribution is -2.47. The number of halogens is 1. The molecule has 1 unspecified atom stereocenters. The summed E-state index contributed by atoms with van der Waals surface area (Å²) >= 11 is 0. The summed E-state index contributed by atoms with van der Waals surface area (Å²) in [7, 11) is 0. The Balaban J connectivity index is 1.19. The molecular weight excluding hydrogens is 425 g/mol. The maximum Gasteiger partial charge on any atom is 0.230 e. The Morgan fingerprint density at radius 1 is 0.879 bits per heavy atom. The summed E-state index contributed by atoms with van der Waals surface area (Å²) in [5.74, 6) is -1.97. The lowest BCUT2D eigenvalue weighted by atomic mass is 9.83. The van der Waals surface area contributed by atoms with E-state index in [1.165, 1.54) is 12.1 Å². The second-order valence-corrected chi connectivity index (χ2v) is 9.26. The summed E-state index contributed by atoms with van der Waals surface area (Å²) in [5, 5.41) is 0. The number of ether oxygens (including phenoxy) is 4. The molecule has 2 aromatic rings. The Hall–Kier alpha value is -2.32. The lowest BCUT2D eigenvalue weighted by Gasteiger charge is -2.41. The summed E-state index contributed by atoms with van der Waals surface area (Å²) in [6, 6.07) is 14.4. The molecule has 6 nitrogen and oxygen atoms in total. The lowest BCUT2D eigenvalue weighted by molar-refractivity contribution is -0.214. The monoisotopic (exact) mass is 453 g/mol. The van der Waals surface area contributed by atoms with Crippen LogP contribution >= 0.6 is 0 Å². The van der Waals surface area contributed by atoms with E-state index in [1.54, 1.807) is 12.1 Å². The number of carbonyl (C=O) groups is 1. The summed E-state index contributed by atoms with van der Waals surface area (Å²) in [6.45, 7) is 3.38. The first-order valence-electron chi connectivity index (χ1n) is 11.8. The maximum absolute atomic E-state index is 13.6. The number of benzene rings is 2. The van der Waals surface area contributed by atoms with Gasteiger partial charge in [-0.3, -0.25) is 4.79 Å². The number of amides is 1. The average molecular weight is 454 g/mol. The molecule has 0 bridgehead atoms. The van der Waals surface area contributed by atoms with Gasteiger partial charge in [0.15, 0.2) is 11.6 Å². The number of carbonyl (C=O) groups excluding carboxylic acids is 1. The highest BCUT2D eigenvalue weighted by Gasteiger charge is 2.52. The van der Waals surface area contributed by atoms with E-state index in [-0.39, 0.29) is 23.6 Å². The van der Waals surface area contributed by atoms with Gasteiger partial charge in [0.1, 0.15) is 5.82 Å². The number of hydrogen-bond donors (Lipinski definition) is 0. The van der Waals surface area contributed by atoms with E-state index in [4.69, 9.17) is 18.9 Å². The summed E-state index contributed by atoms with van der Waals surface area (Å²) in [6.07, 6.45) is 2.04. The fourth-order valence-electron chi connectivity index (χ4n) is 6.03. The van der Waals surface area contributed by atoms with E-state index < -0.39 is 11.6 Å². The Morgan fingerprint density at radius 3 is 2.21 bits per heavy atom. The van der Waals surface area contributed by atoms with E-state index >= 15 is 0 Å². The number of rotatable bonds is 3. The SMILES string of the molecule is O=C(C1CC2(OCCO2)c2ccccc21)N1CCC(C2(c3ccc(F)cc3)OCCO2)CC1. The second-order valence-electron chi connectivity index (χ2n) is 9.26. The molecule has 1 amide bonds. The van der Waals surface area contributed by atoms with Crippen molar-refractivity contribution < 1.29 is 28.1 Å². The summed E-state index contributed by atoms with van der Waals surface area (Å²) in [4.78, 5) is 15.6. The van der Waals surface area contributed by atoms with Crippen LogP contribution in [0.2, 0.25) is 0 Å². The van der Waals surface area contributed by atoms with Gasteiger partial charge in [-0.15, -0.1) is 0 Å². The first-order valence-corrected chi connectivity index (χ1v) is 11.8. The number of nitrogens with zero attached hydrogens (tertiary/aromatic N) is 1. The van der Waals surface area contributed by atoms with Crippen LogP contribution in [0, 0.1) is 11.7 Å². The van der Waals surface area contributed by atoms with Crippen molar-refractivity contribution in [2.24, 2.45) is 5.92 Å². The topological polar surface area (TPSA) is 57.2 Å². The van der Waals surface area contributed by atoms with Crippen molar-refractivity contribution in [3.8, 4) is 0 Å². The third-order valence-corrected chi connectivity index (χ3v) is 7.58. The number of piperidine rings is 1. The van der Waals surface area contributed by atoms with Gasteiger partial charge in [-0.25, -0.2) is 4.39 Å². The molecule has 6 rings (SSSR count). The second kappa shape index (κ2) is 8.17. The molecule has 33 heavy (non-hydrogen) atoms. The zero-order chi connectivity index (χ0) is 22.5. The summed E-state index contributed by atoms with van der Waals surface area (Å²) in [5.41, 5.74) is 2.84. The summed E-state index contributed by atoms with van der Waals surface area (Å²) < 4.78 is 37.8. The number of hydrogen-bond acceptors (Lipinski definition) is 5. The van der Waals surface area contributed by atoms with Crippen molar-refractivity contribution >= 4 is 5.91 Å². The van der Waals surface area contributed by atoms with E-state index in [9.17, 15) is 9.18 Å². The van der Waals surface area contributed by atoms with E-state index in [0.717, 1.165) is 29.5 Å². The zero-order valence-corrected chi connectivity index (χ0v) is 18.5. The third kappa shape index (κ3) is 3.41. The Morgan fingerprint density at radius 2 is 1.52 bits per heavy atom. The van der Waals surface area contributed by atoms with Gasteiger partial charge in [0.2, 0.25) is 5.91 Å². The van der Waals surface area contributed by atoms with Crippen molar-refractivity contribution in [2.75, 3.05) is 39.5 Å². The molecule has 174 valence electrons. The standard InChI is InChI=1S/C26H28FNO5/c27-20-7-5-18(6-8-20)26(32-15-16-33-26)19-9-11-28(12-10-19)24(29)22-17-25(30-13-14-31-25)23-4-2-1-3-21(22)23/h1-8,19,22H,9-17H2. The molecule has 3 aliphatic heterocycles. The molecule has 1 spiro atoms. The fourth-order valence-corrected chi connectivity index (χ4v) is 6.03. The maximum atomic E-state index is 13.6. The van der Waals surface area contributed by atoms with Crippen LogP contribution in [0.4, 0.5) is 4.39 Å². The van der Waals surface area contributed by atoms with Crippen molar-refractivity contribution in [3.05, 3.63) is 71.0 Å². The van der Waals surface area contributed by atoms with Crippen LogP contribution < -0.4 is 0 Å². The number of likely N-dealkylation sites (tertiary alicyclic amines) is 1. The largest absolute Gasteiger partial charge is 0.343 e. The van der Waals surface area contributed by atoms with Gasteiger partial charge in [-0.05, 0) is 30.5 Å². The van der Waals surface area contributed by atoms with Crippen molar-refractivity contribution in [1.29, 1.82) is 0 Å². The molecule has 7 heteroatoms. The highest BCUT2D eigenvalue weighted by atomic mass is 19.1. The van der Waals surface area contributed by atoms with E-state index in [2.05, 4.69) is 0 Å². The highest BCUT2D eigenvalue weighted by Crippen LogP contribution is 2.50. The Bertz CT molecular complexity index is 1020. The molecule has 0 N–H and O–H groups in total. The van der Waals surface area contributed by atoms with Crippen LogP contribution in [0.5, 0.6) is 0 Å². The van der Waals surface area contributed by atoms with Gasteiger partial charge in [-0.2, -0.15) is 0 Å². The van der Waals surface area contributed by atoms with Crippen LogP contribution in [0.1, 0.15) is 41.9 Å². The normalized spacial score (nSPS) is 26.1. The third-order valence-electron chi connectivity index (χ3n) is 7.58. The van der Waals surface area contributed by atoms with Crippen molar-refractivity contribution in [3.63, 3.8) is 0 Å². The molecule has 4 aliphatic rings. The van der Waals surface area contributed by atoms with Crippen LogP contribution in [0.3, 0.4) is 0 Å². The molecule has 3 fully saturated rings. The minimum atomic E-state index is -0.863. The molecule has 0 radical (unpaired) electrons. The molecule has 3 saturated heterocycles. The molecule has 2 aromatic carbocycles. The Labute approximate surface area is 192 Å². The van der Waals surface area contributed by atoms with Crippen LogP contribution in [0.15, 0.2) is 48.5 Å². The van der Waals surface area contributed by atoms with E-state index in [0.29, 0.717) is 45.9 Å². The predicted molar refractivity (Wildman–Crippen MR) is 117 cm³/mol. The molecule has 0 saturated carbocycles. The first kappa shape index (κ1) is 21.2. The average Bonchev–Trinajstić information content (AvgIpc) is 3.60. The highest BCUT2D eigenvalue weighted by molar-refractivity contribution is 5.85. The van der Waals surface area contributed by atoms with Gasteiger partial charge in [-0.1, -0.05) is 36.4 Å². The predicted octanol–water partition coefficient (Wildman–Crippen LogP) is 3.65. The van der Waals surface area contributed by atoms with Gasteiger partial charge < -0.3 is 23.8 Å². The quantitative estimate of drug-likeness (QED) is 0.710. The first-order chi connectivity index (χ1) is 16.1. The van der Waals surface area contributed by atoms with Crippen molar-refractivity contribution in [1.82, 2.24) is 4.90 Å². The molecular formula is C26H28FNO5. The minimum absolute atomic E-state index is 0.0956. The zero-order valence-electron chi connectivity index (χ0n) is 18.5. The minimum Gasteiger partial charge on any atom is -0.343 e. The van der Waals surface area contributed by atoms with Crippen molar-refractivity contribution in [2.45, 2.75) is 36.8 Å². The smallest absolute Gasteiger partial charge is 0.230 e. The number of fused-ring (bicyclic) bond motifs is 2. The van der Waals surface area contributed by atoms with E-state index in [1.807, 2.05) is 29.2 Å². The Kier molecular flexibility index (Phi) is 5.25.